The Hall–Kier alpha value is -1.88. The van der Waals surface area contributed by atoms with Crippen molar-refractivity contribution < 1.29 is 9.53 Å². The van der Waals surface area contributed by atoms with E-state index in [1.54, 1.807) is 18.2 Å². The van der Waals surface area contributed by atoms with E-state index in [1.165, 1.54) is 7.11 Å². The average molecular weight is 335 g/mol. The van der Waals surface area contributed by atoms with Crippen LogP contribution in [0.25, 0.3) is 0 Å². The Balaban J connectivity index is 2.28. The van der Waals surface area contributed by atoms with Crippen LogP contribution >= 0.6 is 15.9 Å². The highest BCUT2D eigenvalue weighted by Gasteiger charge is 2.14. The molecule has 5 heteroatoms. The molecule has 0 radical (unpaired) electrons. The van der Waals surface area contributed by atoms with Crippen molar-refractivity contribution in [2.24, 2.45) is 0 Å². The third kappa shape index (κ3) is 3.17. The molecule has 1 aromatic carbocycles. The van der Waals surface area contributed by atoms with Crippen LogP contribution < -0.4 is 10.1 Å². The van der Waals surface area contributed by atoms with Gasteiger partial charge in [0.15, 0.2) is 0 Å². The van der Waals surface area contributed by atoms with Gasteiger partial charge < -0.3 is 10.1 Å². The number of carbonyl (C=O) groups is 1. The van der Waals surface area contributed by atoms with Gasteiger partial charge in [0, 0.05) is 10.2 Å². The number of hydrogen-bond acceptors (Lipinski definition) is 3. The molecule has 0 spiro atoms. The predicted octanol–water partition coefficient (Wildman–Crippen LogP) is 3.72. The first-order valence-electron chi connectivity index (χ1n) is 6.10. The van der Waals surface area contributed by atoms with E-state index in [1.807, 2.05) is 26.0 Å². The van der Waals surface area contributed by atoms with Gasteiger partial charge in [-0.05, 0) is 44.2 Å². The molecule has 104 valence electrons. The maximum Gasteiger partial charge on any atom is 0.259 e. The molecule has 0 aliphatic heterocycles. The fourth-order valence-electron chi connectivity index (χ4n) is 1.86. The van der Waals surface area contributed by atoms with Gasteiger partial charge in [0.05, 0.1) is 24.1 Å². The molecule has 0 saturated carbocycles. The zero-order valence-electron chi connectivity index (χ0n) is 11.5. The Labute approximate surface area is 126 Å². The summed E-state index contributed by atoms with van der Waals surface area (Å²) in [5.74, 6) is 0.303. The molecular weight excluding hydrogens is 320 g/mol. The number of ether oxygens (including phenoxy) is 1. The number of nitrogens with one attached hydrogen (secondary N) is 1. The number of hydrogen-bond donors (Lipinski definition) is 1. The van der Waals surface area contributed by atoms with Crippen LogP contribution in [0.3, 0.4) is 0 Å². The van der Waals surface area contributed by atoms with E-state index < -0.39 is 0 Å². The molecule has 1 N–H and O–H groups in total. The lowest BCUT2D eigenvalue weighted by Crippen LogP contribution is -2.14. The van der Waals surface area contributed by atoms with Crippen molar-refractivity contribution in [1.29, 1.82) is 0 Å². The van der Waals surface area contributed by atoms with Crippen molar-refractivity contribution in [2.75, 3.05) is 12.4 Å². The topological polar surface area (TPSA) is 51.2 Å². The maximum atomic E-state index is 12.3. The van der Waals surface area contributed by atoms with Crippen LogP contribution in [0.15, 0.2) is 34.8 Å². The van der Waals surface area contributed by atoms with Gasteiger partial charge in [-0.15, -0.1) is 0 Å². The Kier molecular flexibility index (Phi) is 4.39. The summed E-state index contributed by atoms with van der Waals surface area (Å²) in [5.41, 5.74) is 2.89. The average Bonchev–Trinajstić information content (AvgIpc) is 2.41. The Morgan fingerprint density at radius 2 is 2.00 bits per heavy atom. The molecule has 0 bridgehead atoms. The molecular formula is C15H15BrN2O2. The Morgan fingerprint density at radius 3 is 2.65 bits per heavy atom. The summed E-state index contributed by atoms with van der Waals surface area (Å²) in [6.07, 6.45) is 0. The van der Waals surface area contributed by atoms with Crippen LogP contribution in [-0.2, 0) is 0 Å². The summed E-state index contributed by atoms with van der Waals surface area (Å²) in [7, 11) is 1.54. The number of aromatic nitrogens is 1. The summed E-state index contributed by atoms with van der Waals surface area (Å²) >= 11 is 3.35. The minimum Gasteiger partial charge on any atom is -0.496 e. The third-order valence-electron chi connectivity index (χ3n) is 2.88. The number of pyridine rings is 1. The number of halogens is 1. The normalized spacial score (nSPS) is 10.2. The van der Waals surface area contributed by atoms with Gasteiger partial charge >= 0.3 is 0 Å². The van der Waals surface area contributed by atoms with Gasteiger partial charge in [-0.2, -0.15) is 0 Å². The summed E-state index contributed by atoms with van der Waals surface area (Å²) in [6.45, 7) is 3.78. The van der Waals surface area contributed by atoms with E-state index in [0.29, 0.717) is 17.0 Å². The Morgan fingerprint density at radius 1 is 1.25 bits per heavy atom. The monoisotopic (exact) mass is 334 g/mol. The van der Waals surface area contributed by atoms with Crippen molar-refractivity contribution in [1.82, 2.24) is 4.98 Å². The largest absolute Gasteiger partial charge is 0.496 e. The molecule has 0 aliphatic rings. The molecule has 0 atom stereocenters. The van der Waals surface area contributed by atoms with Crippen LogP contribution in [0.5, 0.6) is 5.75 Å². The molecule has 2 aromatic rings. The number of methoxy groups -OCH3 is 1. The zero-order valence-corrected chi connectivity index (χ0v) is 13.1. The number of rotatable bonds is 3. The lowest BCUT2D eigenvalue weighted by Gasteiger charge is -2.11. The van der Waals surface area contributed by atoms with Crippen LogP contribution in [0, 0.1) is 13.8 Å². The third-order valence-corrected chi connectivity index (χ3v) is 3.37. The second-order valence-electron chi connectivity index (χ2n) is 4.38. The SMILES string of the molecule is COc1cc(Br)ccc1C(=O)Nc1ccc(C)nc1C. The first-order valence-corrected chi connectivity index (χ1v) is 6.89. The number of anilines is 1. The second-order valence-corrected chi connectivity index (χ2v) is 5.30. The highest BCUT2D eigenvalue weighted by Crippen LogP contribution is 2.24. The standard InChI is InChI=1S/C15H15BrN2O2/c1-9-4-7-13(10(2)17-9)18-15(19)12-6-5-11(16)8-14(12)20-3/h4-8H,1-3H3,(H,18,19). The highest BCUT2D eigenvalue weighted by molar-refractivity contribution is 9.10. The minimum absolute atomic E-state index is 0.219. The second kappa shape index (κ2) is 6.05. The lowest BCUT2D eigenvalue weighted by molar-refractivity contribution is 0.102. The summed E-state index contributed by atoms with van der Waals surface area (Å²) < 4.78 is 6.09. The van der Waals surface area contributed by atoms with E-state index >= 15 is 0 Å². The smallest absolute Gasteiger partial charge is 0.259 e. The number of aryl methyl sites for hydroxylation is 2. The number of benzene rings is 1. The molecule has 0 saturated heterocycles. The molecule has 0 unspecified atom stereocenters. The number of amides is 1. The van der Waals surface area contributed by atoms with E-state index in [4.69, 9.17) is 4.74 Å². The molecule has 2 rings (SSSR count). The zero-order chi connectivity index (χ0) is 14.7. The maximum absolute atomic E-state index is 12.3. The first kappa shape index (κ1) is 14.5. The van der Waals surface area contributed by atoms with Crippen molar-refractivity contribution in [3.8, 4) is 5.75 Å². The Bertz CT molecular complexity index is 656. The summed E-state index contributed by atoms with van der Waals surface area (Å²) in [4.78, 5) is 16.6. The molecule has 1 heterocycles. The fraction of sp³-hybridized carbons (Fsp3) is 0.200. The molecule has 1 amide bonds. The summed E-state index contributed by atoms with van der Waals surface area (Å²) in [5, 5.41) is 2.85. The van der Waals surface area contributed by atoms with E-state index in [9.17, 15) is 4.79 Å². The lowest BCUT2D eigenvalue weighted by atomic mass is 10.1. The molecule has 1 aromatic heterocycles. The molecule has 0 aliphatic carbocycles. The number of carbonyl (C=O) groups excluding carboxylic acids is 1. The van der Waals surface area contributed by atoms with Gasteiger partial charge in [-0.1, -0.05) is 15.9 Å². The number of nitrogens with zero attached hydrogens (tertiary/aromatic N) is 1. The van der Waals surface area contributed by atoms with Crippen LogP contribution in [0.2, 0.25) is 0 Å². The van der Waals surface area contributed by atoms with Crippen molar-refractivity contribution in [3.63, 3.8) is 0 Å². The summed E-state index contributed by atoms with van der Waals surface area (Å²) in [6, 6.07) is 8.99. The van der Waals surface area contributed by atoms with Crippen LogP contribution in [0.4, 0.5) is 5.69 Å². The van der Waals surface area contributed by atoms with Gasteiger partial charge in [0.2, 0.25) is 0 Å². The predicted molar refractivity (Wildman–Crippen MR) is 82.4 cm³/mol. The van der Waals surface area contributed by atoms with E-state index in [-0.39, 0.29) is 5.91 Å². The van der Waals surface area contributed by atoms with Crippen molar-refractivity contribution in [2.45, 2.75) is 13.8 Å². The van der Waals surface area contributed by atoms with Crippen LogP contribution in [0.1, 0.15) is 21.7 Å². The van der Waals surface area contributed by atoms with Crippen molar-refractivity contribution >= 4 is 27.5 Å². The molecule has 20 heavy (non-hydrogen) atoms. The van der Waals surface area contributed by atoms with Gasteiger partial charge in [0.1, 0.15) is 5.75 Å². The van der Waals surface area contributed by atoms with Crippen molar-refractivity contribution in [3.05, 3.63) is 51.8 Å². The van der Waals surface area contributed by atoms with Gasteiger partial charge in [-0.25, -0.2) is 0 Å². The van der Waals surface area contributed by atoms with E-state index in [2.05, 4.69) is 26.2 Å². The fourth-order valence-corrected chi connectivity index (χ4v) is 2.20. The highest BCUT2D eigenvalue weighted by atomic mass is 79.9. The van der Waals surface area contributed by atoms with E-state index in [0.717, 1.165) is 15.9 Å². The molecule has 4 nitrogen and oxygen atoms in total. The quantitative estimate of drug-likeness (QED) is 0.930. The van der Waals surface area contributed by atoms with Crippen LogP contribution in [-0.4, -0.2) is 18.0 Å². The molecule has 0 fully saturated rings. The first-order chi connectivity index (χ1) is 9.51. The van der Waals surface area contributed by atoms with Gasteiger partial charge in [0.25, 0.3) is 5.91 Å². The van der Waals surface area contributed by atoms with Gasteiger partial charge in [-0.3, -0.25) is 9.78 Å². The minimum atomic E-state index is -0.219.